The van der Waals surface area contributed by atoms with Gasteiger partial charge in [-0.25, -0.2) is 4.98 Å². The smallest absolute Gasteiger partial charge is 0.240 e. The van der Waals surface area contributed by atoms with Crippen LogP contribution in [0, 0.1) is 5.41 Å². The Hall–Kier alpha value is -2.68. The van der Waals surface area contributed by atoms with E-state index in [0.29, 0.717) is 10.9 Å². The zero-order chi connectivity index (χ0) is 20.0. The van der Waals surface area contributed by atoms with Crippen molar-refractivity contribution in [3.05, 3.63) is 35.7 Å². The van der Waals surface area contributed by atoms with Crippen LogP contribution in [-0.4, -0.2) is 33.6 Å². The quantitative estimate of drug-likeness (QED) is 0.715. The van der Waals surface area contributed by atoms with Gasteiger partial charge in [0, 0.05) is 24.4 Å². The van der Waals surface area contributed by atoms with Gasteiger partial charge in [-0.05, 0) is 17.5 Å². The summed E-state index contributed by atoms with van der Waals surface area (Å²) in [6.07, 6.45) is 2.99. The third-order valence-electron chi connectivity index (χ3n) is 3.87. The Labute approximate surface area is 161 Å². The molecule has 0 saturated carbocycles. The monoisotopic (exact) mass is 392 g/mol. The average Bonchev–Trinajstić information content (AvgIpc) is 3.24. The lowest BCUT2D eigenvalue weighted by Gasteiger charge is -2.37. The molecule has 2 heterocycles. The van der Waals surface area contributed by atoms with Gasteiger partial charge in [-0.3, -0.25) is 14.4 Å². The summed E-state index contributed by atoms with van der Waals surface area (Å²) in [6, 6.07) is 2.59. The van der Waals surface area contributed by atoms with E-state index in [1.807, 2.05) is 20.8 Å². The van der Waals surface area contributed by atoms with Gasteiger partial charge in [0.05, 0.1) is 12.8 Å². The number of thiazole rings is 1. The van der Waals surface area contributed by atoms with Crippen molar-refractivity contribution in [2.75, 3.05) is 5.32 Å². The van der Waals surface area contributed by atoms with Crippen LogP contribution in [0.2, 0.25) is 0 Å². The van der Waals surface area contributed by atoms with E-state index >= 15 is 0 Å². The van der Waals surface area contributed by atoms with E-state index in [0.717, 1.165) is 0 Å². The lowest BCUT2D eigenvalue weighted by atomic mass is 9.84. The third-order valence-corrected chi connectivity index (χ3v) is 4.56. The fraction of sp³-hybridized carbons (Fsp3) is 0.444. The molecular formula is C18H24N4O4S. The van der Waals surface area contributed by atoms with Crippen molar-refractivity contribution in [2.45, 2.75) is 46.2 Å². The van der Waals surface area contributed by atoms with Crippen LogP contribution < -0.4 is 11.1 Å². The van der Waals surface area contributed by atoms with Crippen molar-refractivity contribution in [3.63, 3.8) is 0 Å². The zero-order valence-electron chi connectivity index (χ0n) is 15.6. The first-order valence-corrected chi connectivity index (χ1v) is 9.37. The van der Waals surface area contributed by atoms with Crippen LogP contribution in [-0.2, 0) is 20.9 Å². The van der Waals surface area contributed by atoms with Crippen LogP contribution in [0.25, 0.3) is 0 Å². The van der Waals surface area contributed by atoms with Gasteiger partial charge < -0.3 is 20.4 Å². The third kappa shape index (κ3) is 5.92. The Balaban J connectivity index is 2.10. The highest BCUT2D eigenvalue weighted by atomic mass is 32.1. The lowest BCUT2D eigenvalue weighted by Crippen LogP contribution is -2.54. The van der Waals surface area contributed by atoms with E-state index in [1.54, 1.807) is 23.7 Å². The molecule has 146 valence electrons. The number of carbonyl (C=O) groups is 3. The maximum Gasteiger partial charge on any atom is 0.240 e. The van der Waals surface area contributed by atoms with Gasteiger partial charge >= 0.3 is 0 Å². The second-order valence-corrected chi connectivity index (χ2v) is 8.05. The Morgan fingerprint density at radius 3 is 2.59 bits per heavy atom. The first-order chi connectivity index (χ1) is 12.7. The first kappa shape index (κ1) is 20.6. The highest BCUT2D eigenvalue weighted by Crippen LogP contribution is 2.27. The van der Waals surface area contributed by atoms with Gasteiger partial charge in [-0.15, -0.1) is 11.3 Å². The minimum atomic E-state index is -0.836. The summed E-state index contributed by atoms with van der Waals surface area (Å²) in [5, 5.41) is 4.85. The van der Waals surface area contributed by atoms with Crippen molar-refractivity contribution in [2.24, 2.45) is 11.1 Å². The number of nitrogens with zero attached hydrogens (tertiary/aromatic N) is 2. The number of primary amides is 1. The van der Waals surface area contributed by atoms with Gasteiger partial charge in [-0.2, -0.15) is 0 Å². The van der Waals surface area contributed by atoms with Crippen LogP contribution in [0.15, 0.2) is 34.4 Å². The number of nitrogens with one attached hydrogen (secondary N) is 1. The first-order valence-electron chi connectivity index (χ1n) is 8.49. The number of hydrogen-bond acceptors (Lipinski definition) is 6. The van der Waals surface area contributed by atoms with Gasteiger partial charge in [0.2, 0.25) is 17.7 Å². The number of amides is 3. The molecule has 3 N–H and O–H groups in total. The van der Waals surface area contributed by atoms with Crippen molar-refractivity contribution in [1.29, 1.82) is 0 Å². The summed E-state index contributed by atoms with van der Waals surface area (Å²) in [5.41, 5.74) is 5.02. The van der Waals surface area contributed by atoms with E-state index in [1.165, 1.54) is 22.5 Å². The summed E-state index contributed by atoms with van der Waals surface area (Å²) < 4.78 is 5.32. The summed E-state index contributed by atoms with van der Waals surface area (Å²) in [7, 11) is 0. The molecule has 27 heavy (non-hydrogen) atoms. The Kier molecular flexibility index (Phi) is 6.73. The van der Waals surface area contributed by atoms with Gasteiger partial charge in [0.25, 0.3) is 0 Å². The van der Waals surface area contributed by atoms with Gasteiger partial charge in [0.15, 0.2) is 5.13 Å². The second kappa shape index (κ2) is 8.81. The summed E-state index contributed by atoms with van der Waals surface area (Å²) in [4.78, 5) is 42.3. The molecule has 0 aliphatic rings. The molecule has 0 radical (unpaired) electrons. The van der Waals surface area contributed by atoms with E-state index in [2.05, 4.69) is 10.3 Å². The SMILES string of the molecule is CC(C)(C)C(C(N)=O)N(Cc1ccco1)C(=O)CCC(=O)Nc1nccs1. The maximum atomic E-state index is 12.9. The van der Waals surface area contributed by atoms with Crippen molar-refractivity contribution >= 4 is 34.2 Å². The fourth-order valence-corrected chi connectivity index (χ4v) is 3.32. The molecule has 1 unspecified atom stereocenters. The minimum Gasteiger partial charge on any atom is -0.467 e. The molecule has 2 aromatic rings. The fourth-order valence-electron chi connectivity index (χ4n) is 2.77. The Morgan fingerprint density at radius 1 is 1.33 bits per heavy atom. The van der Waals surface area contributed by atoms with Gasteiger partial charge in [-0.1, -0.05) is 20.8 Å². The second-order valence-electron chi connectivity index (χ2n) is 7.16. The molecule has 3 amide bonds. The van der Waals surface area contributed by atoms with E-state index in [4.69, 9.17) is 10.2 Å². The van der Waals surface area contributed by atoms with Crippen molar-refractivity contribution in [1.82, 2.24) is 9.88 Å². The maximum absolute atomic E-state index is 12.9. The molecule has 0 aliphatic carbocycles. The standard InChI is InChI=1S/C18H24N4O4S/c1-18(2,3)15(16(19)25)22(11-12-5-4-9-26-12)14(24)7-6-13(23)21-17-20-8-10-27-17/h4-5,8-10,15H,6-7,11H2,1-3H3,(H2,19,25)(H,20,21,23). The predicted octanol–water partition coefficient (Wildman–Crippen LogP) is 2.38. The molecule has 0 bridgehead atoms. The van der Waals surface area contributed by atoms with Gasteiger partial charge in [0.1, 0.15) is 11.8 Å². The van der Waals surface area contributed by atoms with Crippen LogP contribution in [0.3, 0.4) is 0 Å². The summed E-state index contributed by atoms with van der Waals surface area (Å²) >= 11 is 1.29. The Morgan fingerprint density at radius 2 is 2.07 bits per heavy atom. The van der Waals surface area contributed by atoms with E-state index < -0.39 is 17.4 Å². The van der Waals surface area contributed by atoms with Crippen LogP contribution in [0.1, 0.15) is 39.4 Å². The number of furan rings is 1. The average molecular weight is 392 g/mol. The molecule has 2 aromatic heterocycles. The molecule has 0 fully saturated rings. The van der Waals surface area contributed by atoms with E-state index in [-0.39, 0.29) is 31.2 Å². The Bertz CT molecular complexity index is 766. The van der Waals surface area contributed by atoms with E-state index in [9.17, 15) is 14.4 Å². The van der Waals surface area contributed by atoms with Crippen LogP contribution in [0.5, 0.6) is 0 Å². The number of carbonyl (C=O) groups excluding carboxylic acids is 3. The summed E-state index contributed by atoms with van der Waals surface area (Å²) in [6.45, 7) is 5.60. The molecule has 9 heteroatoms. The van der Waals surface area contributed by atoms with Crippen LogP contribution in [0.4, 0.5) is 5.13 Å². The minimum absolute atomic E-state index is 0.0251. The van der Waals surface area contributed by atoms with Crippen molar-refractivity contribution < 1.29 is 18.8 Å². The van der Waals surface area contributed by atoms with Crippen LogP contribution >= 0.6 is 11.3 Å². The number of anilines is 1. The molecular weight excluding hydrogens is 368 g/mol. The molecule has 0 spiro atoms. The molecule has 0 saturated heterocycles. The number of aromatic nitrogens is 1. The summed E-state index contributed by atoms with van der Waals surface area (Å²) in [5.74, 6) is -0.734. The highest BCUT2D eigenvalue weighted by Gasteiger charge is 2.38. The number of nitrogens with two attached hydrogens (primary N) is 1. The molecule has 0 aliphatic heterocycles. The highest BCUT2D eigenvalue weighted by molar-refractivity contribution is 7.13. The van der Waals surface area contributed by atoms with Crippen molar-refractivity contribution in [3.8, 4) is 0 Å². The molecule has 2 rings (SSSR count). The lowest BCUT2D eigenvalue weighted by molar-refractivity contribution is -0.145. The number of rotatable bonds is 8. The molecule has 1 atom stereocenters. The largest absolute Gasteiger partial charge is 0.467 e. The normalized spacial score (nSPS) is 12.4. The number of hydrogen-bond donors (Lipinski definition) is 2. The molecule has 0 aromatic carbocycles. The molecule has 8 nitrogen and oxygen atoms in total. The zero-order valence-corrected chi connectivity index (χ0v) is 16.4. The topological polar surface area (TPSA) is 119 Å². The predicted molar refractivity (Wildman–Crippen MR) is 102 cm³/mol.